The lowest BCUT2D eigenvalue weighted by atomic mass is 10.2. The molecule has 0 aliphatic heterocycles. The number of carbonyl (C=O) groups excluding carboxylic acids is 1. The lowest BCUT2D eigenvalue weighted by Gasteiger charge is -2.15. The fraction of sp³-hybridized carbons (Fsp3) is 0.286. The Morgan fingerprint density at radius 2 is 1.45 bits per heavy atom. The Kier molecular flexibility index (Phi) is 6.49. The number of hydrogen-bond acceptors (Lipinski definition) is 8. The van der Waals surface area contributed by atoms with Gasteiger partial charge in [0, 0.05) is 23.9 Å². The van der Waals surface area contributed by atoms with Gasteiger partial charge in [0.15, 0.2) is 23.0 Å². The molecule has 1 amide bonds. The van der Waals surface area contributed by atoms with Crippen LogP contribution >= 0.6 is 0 Å². The molecule has 0 bridgehead atoms. The highest BCUT2D eigenvalue weighted by Gasteiger charge is 2.16. The monoisotopic (exact) mass is 429 g/mol. The molecule has 1 aromatic heterocycles. The van der Waals surface area contributed by atoms with Gasteiger partial charge >= 0.3 is 0 Å². The van der Waals surface area contributed by atoms with Gasteiger partial charge in [-0.25, -0.2) is 4.98 Å². The van der Waals surface area contributed by atoms with E-state index >= 15 is 0 Å². The summed E-state index contributed by atoms with van der Waals surface area (Å²) in [5, 5.41) is 3.03. The van der Waals surface area contributed by atoms with Crippen molar-refractivity contribution in [1.29, 1.82) is 0 Å². The molecule has 0 aliphatic carbocycles. The molecule has 0 saturated carbocycles. The Labute approximate surface area is 178 Å². The maximum atomic E-state index is 12.9. The van der Waals surface area contributed by atoms with Gasteiger partial charge in [0.25, 0.3) is 5.56 Å². The highest BCUT2D eigenvalue weighted by Crippen LogP contribution is 2.39. The lowest BCUT2D eigenvalue weighted by molar-refractivity contribution is -0.116. The van der Waals surface area contributed by atoms with Gasteiger partial charge in [-0.3, -0.25) is 14.2 Å². The SMILES string of the molecule is COc1cc2ncn(CC(=O)Nc3cc(OC)c(OC)c(OC)c3)c(=O)c2cc1OC. The summed E-state index contributed by atoms with van der Waals surface area (Å²) in [6.45, 7) is -0.243. The summed E-state index contributed by atoms with van der Waals surface area (Å²) in [6, 6.07) is 6.34. The molecule has 1 N–H and O–H groups in total. The summed E-state index contributed by atoms with van der Waals surface area (Å²) >= 11 is 0. The average Bonchev–Trinajstić information content (AvgIpc) is 2.79. The van der Waals surface area contributed by atoms with Crippen LogP contribution in [0.4, 0.5) is 5.69 Å². The van der Waals surface area contributed by atoms with Crippen molar-refractivity contribution >= 4 is 22.5 Å². The second-order valence-electron chi connectivity index (χ2n) is 6.36. The van der Waals surface area contributed by atoms with Crippen molar-refractivity contribution in [1.82, 2.24) is 9.55 Å². The van der Waals surface area contributed by atoms with Crippen LogP contribution in [0.1, 0.15) is 0 Å². The van der Waals surface area contributed by atoms with E-state index in [0.717, 1.165) is 0 Å². The van der Waals surface area contributed by atoms with Crippen molar-refractivity contribution in [2.45, 2.75) is 6.54 Å². The summed E-state index contributed by atoms with van der Waals surface area (Å²) in [7, 11) is 7.42. The van der Waals surface area contributed by atoms with Crippen LogP contribution in [-0.2, 0) is 11.3 Å². The molecule has 0 saturated heterocycles. The topological polar surface area (TPSA) is 110 Å². The third-order valence-electron chi connectivity index (χ3n) is 4.59. The average molecular weight is 429 g/mol. The summed E-state index contributed by atoms with van der Waals surface area (Å²) < 4.78 is 27.5. The second-order valence-corrected chi connectivity index (χ2v) is 6.36. The minimum atomic E-state index is -0.432. The molecule has 0 atom stereocenters. The fourth-order valence-electron chi connectivity index (χ4n) is 3.11. The minimum Gasteiger partial charge on any atom is -0.493 e. The van der Waals surface area contributed by atoms with Crippen LogP contribution in [-0.4, -0.2) is 51.0 Å². The van der Waals surface area contributed by atoms with Gasteiger partial charge < -0.3 is 29.0 Å². The van der Waals surface area contributed by atoms with Crippen molar-refractivity contribution in [2.75, 3.05) is 40.9 Å². The number of carbonyl (C=O) groups is 1. The van der Waals surface area contributed by atoms with Gasteiger partial charge in [-0.2, -0.15) is 0 Å². The van der Waals surface area contributed by atoms with E-state index in [4.69, 9.17) is 23.7 Å². The van der Waals surface area contributed by atoms with Crippen molar-refractivity contribution in [3.05, 3.63) is 40.9 Å². The van der Waals surface area contributed by atoms with Crippen molar-refractivity contribution < 1.29 is 28.5 Å². The van der Waals surface area contributed by atoms with E-state index in [2.05, 4.69) is 10.3 Å². The molecule has 10 heteroatoms. The van der Waals surface area contributed by atoms with Gasteiger partial charge in [0.2, 0.25) is 11.7 Å². The molecule has 0 fully saturated rings. The van der Waals surface area contributed by atoms with Crippen LogP contribution in [0.3, 0.4) is 0 Å². The first kappa shape index (κ1) is 21.8. The summed E-state index contributed by atoms with van der Waals surface area (Å²) in [4.78, 5) is 29.7. The quantitative estimate of drug-likeness (QED) is 0.580. The first-order valence-corrected chi connectivity index (χ1v) is 9.16. The first-order valence-electron chi connectivity index (χ1n) is 9.16. The largest absolute Gasteiger partial charge is 0.493 e. The van der Waals surface area contributed by atoms with Crippen LogP contribution in [0, 0.1) is 0 Å². The summed E-state index contributed by atoms with van der Waals surface area (Å²) in [5.41, 5.74) is 0.475. The number of benzene rings is 2. The van der Waals surface area contributed by atoms with E-state index in [1.807, 2.05) is 0 Å². The number of fused-ring (bicyclic) bond motifs is 1. The molecule has 31 heavy (non-hydrogen) atoms. The first-order chi connectivity index (χ1) is 14.9. The van der Waals surface area contributed by atoms with E-state index in [-0.39, 0.29) is 12.1 Å². The molecule has 0 unspecified atom stereocenters. The highest BCUT2D eigenvalue weighted by molar-refractivity contribution is 5.91. The number of hydrogen-bond donors (Lipinski definition) is 1. The predicted octanol–water partition coefficient (Wildman–Crippen LogP) is 2.08. The number of ether oxygens (including phenoxy) is 5. The number of nitrogens with zero attached hydrogens (tertiary/aromatic N) is 2. The van der Waals surface area contributed by atoms with Gasteiger partial charge in [-0.15, -0.1) is 0 Å². The zero-order valence-electron chi connectivity index (χ0n) is 17.8. The number of rotatable bonds is 8. The van der Waals surface area contributed by atoms with Crippen LogP contribution in [0.5, 0.6) is 28.7 Å². The second kappa shape index (κ2) is 9.24. The van der Waals surface area contributed by atoms with E-state index in [1.54, 1.807) is 18.2 Å². The molecular formula is C21H23N3O7. The zero-order chi connectivity index (χ0) is 22.5. The Balaban J connectivity index is 1.88. The van der Waals surface area contributed by atoms with Crippen molar-refractivity contribution in [3.63, 3.8) is 0 Å². The predicted molar refractivity (Wildman–Crippen MR) is 114 cm³/mol. The molecule has 3 rings (SSSR count). The van der Waals surface area contributed by atoms with E-state index in [9.17, 15) is 9.59 Å². The molecule has 3 aromatic rings. The molecule has 0 radical (unpaired) electrons. The van der Waals surface area contributed by atoms with Gasteiger partial charge in [0.05, 0.1) is 52.8 Å². The standard InChI is InChI=1S/C21H23N3O7/c1-27-15-8-13-14(9-16(15)28-2)22-11-24(21(13)26)10-19(25)23-12-6-17(29-3)20(31-5)18(7-12)30-4/h6-9,11H,10H2,1-5H3,(H,23,25). The third kappa shape index (κ3) is 4.32. The Morgan fingerprint density at radius 3 is 2.00 bits per heavy atom. The van der Waals surface area contributed by atoms with Crippen molar-refractivity contribution in [3.8, 4) is 28.7 Å². The number of amides is 1. The van der Waals surface area contributed by atoms with Crippen LogP contribution in [0.15, 0.2) is 35.4 Å². The van der Waals surface area contributed by atoms with Crippen LogP contribution in [0.25, 0.3) is 10.9 Å². The smallest absolute Gasteiger partial charge is 0.261 e. The van der Waals surface area contributed by atoms with E-state index in [1.165, 1.54) is 52.5 Å². The Bertz CT molecular complexity index is 1150. The fourth-order valence-corrected chi connectivity index (χ4v) is 3.11. The third-order valence-corrected chi connectivity index (χ3v) is 4.59. The maximum Gasteiger partial charge on any atom is 0.261 e. The number of aromatic nitrogens is 2. The molecular weight excluding hydrogens is 406 g/mol. The number of methoxy groups -OCH3 is 5. The Morgan fingerprint density at radius 1 is 0.871 bits per heavy atom. The maximum absolute atomic E-state index is 12.9. The van der Waals surface area contributed by atoms with E-state index in [0.29, 0.717) is 45.3 Å². The minimum absolute atomic E-state index is 0.243. The van der Waals surface area contributed by atoms with Crippen molar-refractivity contribution in [2.24, 2.45) is 0 Å². The zero-order valence-corrected chi connectivity index (χ0v) is 17.8. The van der Waals surface area contributed by atoms with Gasteiger partial charge in [-0.1, -0.05) is 0 Å². The molecule has 164 valence electrons. The van der Waals surface area contributed by atoms with Gasteiger partial charge in [0.1, 0.15) is 6.54 Å². The van der Waals surface area contributed by atoms with Crippen LogP contribution < -0.4 is 34.6 Å². The number of nitrogens with one attached hydrogen (secondary N) is 1. The molecule has 10 nitrogen and oxygen atoms in total. The molecule has 0 spiro atoms. The Hall–Kier alpha value is -3.95. The number of anilines is 1. The summed E-state index contributed by atoms with van der Waals surface area (Å²) in [5.74, 6) is 1.61. The lowest BCUT2D eigenvalue weighted by Crippen LogP contribution is -2.28. The normalized spacial score (nSPS) is 10.5. The van der Waals surface area contributed by atoms with Gasteiger partial charge in [-0.05, 0) is 6.07 Å². The van der Waals surface area contributed by atoms with E-state index < -0.39 is 5.91 Å². The highest BCUT2D eigenvalue weighted by atomic mass is 16.5. The molecule has 0 aliphatic rings. The summed E-state index contributed by atoms with van der Waals surface area (Å²) in [6.07, 6.45) is 1.31. The molecule has 2 aromatic carbocycles. The molecule has 1 heterocycles. The van der Waals surface area contributed by atoms with Crippen LogP contribution in [0.2, 0.25) is 0 Å².